The third-order valence-corrected chi connectivity index (χ3v) is 7.03. The van der Waals surface area contributed by atoms with E-state index in [2.05, 4.69) is 0 Å². The first-order valence-electron chi connectivity index (χ1n) is 4.35. The monoisotopic (exact) mass is 372 g/mol. The zero-order chi connectivity index (χ0) is 12.6. The molecular weight excluding hydrogens is 363 g/mol. The summed E-state index contributed by atoms with van der Waals surface area (Å²) in [7, 11) is -3.66. The van der Waals surface area contributed by atoms with E-state index in [1.807, 2.05) is 13.0 Å². The Labute approximate surface area is 113 Å². The van der Waals surface area contributed by atoms with Gasteiger partial charge in [-0.15, -0.1) is 0 Å². The van der Waals surface area contributed by atoms with Crippen molar-refractivity contribution in [1.82, 2.24) is 0 Å². The molecule has 0 spiro atoms. The number of alkyl halides is 2. The summed E-state index contributed by atoms with van der Waals surface area (Å²) in [5.74, 6) is -0.610. The molecule has 0 unspecified atom stereocenters. The van der Waals surface area contributed by atoms with Gasteiger partial charge in [0, 0.05) is 11.8 Å². The van der Waals surface area contributed by atoms with Gasteiger partial charge in [0.2, 0.25) is 5.78 Å². The van der Waals surface area contributed by atoms with Crippen LogP contribution in [0.25, 0.3) is 0 Å². The molecule has 3 nitrogen and oxygen atoms in total. The summed E-state index contributed by atoms with van der Waals surface area (Å²) in [6.07, 6.45) is 0.945. The number of ketones is 1. The minimum Gasteiger partial charge on any atom is -0.290 e. The largest absolute Gasteiger partial charge is 0.290 e. The van der Waals surface area contributed by atoms with Gasteiger partial charge in [-0.05, 0) is 35.6 Å². The molecule has 0 bridgehead atoms. The summed E-state index contributed by atoms with van der Waals surface area (Å²) in [5, 5.41) is 0. The highest BCUT2D eigenvalue weighted by Gasteiger charge is 2.44. The Balaban J connectivity index is 3.23. The standard InChI is InChI=1S/C10H10ClIO3S/c1-7-4-3-5-8(6-7)9(13)10(11,12)16(2,14)15/h3-6H,1-2H3/t10-/m1/s1. The van der Waals surface area contributed by atoms with E-state index in [0.717, 1.165) is 11.8 Å². The molecule has 1 aromatic carbocycles. The molecule has 0 radical (unpaired) electrons. The summed E-state index contributed by atoms with van der Waals surface area (Å²) in [6.45, 7) is 1.82. The van der Waals surface area contributed by atoms with Gasteiger partial charge in [-0.1, -0.05) is 35.4 Å². The topological polar surface area (TPSA) is 51.2 Å². The first kappa shape index (κ1) is 13.9. The van der Waals surface area contributed by atoms with Crippen LogP contribution in [0.4, 0.5) is 0 Å². The second kappa shape index (κ2) is 4.62. The van der Waals surface area contributed by atoms with E-state index in [0.29, 0.717) is 5.56 Å². The molecule has 0 N–H and O–H groups in total. The van der Waals surface area contributed by atoms with Crippen LogP contribution < -0.4 is 0 Å². The zero-order valence-corrected chi connectivity index (χ0v) is 12.4. The fourth-order valence-corrected chi connectivity index (χ4v) is 2.00. The molecule has 0 aliphatic carbocycles. The summed E-state index contributed by atoms with van der Waals surface area (Å²) < 4.78 is 20.9. The Morgan fingerprint density at radius 2 is 2.00 bits per heavy atom. The molecular formula is C10H10ClIO3S. The minimum atomic E-state index is -3.66. The van der Waals surface area contributed by atoms with E-state index in [4.69, 9.17) is 11.6 Å². The molecule has 0 saturated carbocycles. The van der Waals surface area contributed by atoms with Crippen molar-refractivity contribution in [2.45, 2.75) is 9.14 Å². The van der Waals surface area contributed by atoms with Crippen LogP contribution in [0.5, 0.6) is 0 Å². The number of sulfone groups is 1. The lowest BCUT2D eigenvalue weighted by atomic mass is 10.1. The first-order chi connectivity index (χ1) is 7.16. The molecule has 0 aromatic heterocycles. The number of aryl methyl sites for hydroxylation is 1. The van der Waals surface area contributed by atoms with Crippen LogP contribution in [-0.2, 0) is 9.84 Å². The summed E-state index contributed by atoms with van der Waals surface area (Å²) in [5.41, 5.74) is 1.18. The lowest BCUT2D eigenvalue weighted by molar-refractivity contribution is 0.100. The molecule has 0 aliphatic rings. The molecule has 1 atom stereocenters. The second-order valence-corrected chi connectivity index (χ2v) is 9.42. The van der Waals surface area contributed by atoms with Crippen molar-refractivity contribution in [2.75, 3.05) is 6.26 Å². The van der Waals surface area contributed by atoms with Gasteiger partial charge in [-0.25, -0.2) is 8.42 Å². The highest BCUT2D eigenvalue weighted by molar-refractivity contribution is 14.1. The number of rotatable bonds is 3. The number of benzene rings is 1. The van der Waals surface area contributed by atoms with E-state index in [1.54, 1.807) is 18.2 Å². The molecule has 0 saturated heterocycles. The lowest BCUT2D eigenvalue weighted by Gasteiger charge is -2.16. The van der Waals surface area contributed by atoms with Gasteiger partial charge in [-0.2, -0.15) is 0 Å². The number of carbonyl (C=O) groups excluding carboxylic acids is 1. The minimum absolute atomic E-state index is 0.301. The Hall–Kier alpha value is -0.140. The van der Waals surface area contributed by atoms with E-state index in [-0.39, 0.29) is 0 Å². The van der Waals surface area contributed by atoms with Crippen LogP contribution in [0.1, 0.15) is 15.9 Å². The maximum absolute atomic E-state index is 11.9. The Bertz CT molecular complexity index is 523. The van der Waals surface area contributed by atoms with Crippen molar-refractivity contribution in [2.24, 2.45) is 0 Å². The van der Waals surface area contributed by atoms with E-state index in [1.165, 1.54) is 22.6 Å². The van der Waals surface area contributed by atoms with Gasteiger partial charge in [0.05, 0.1) is 0 Å². The van der Waals surface area contributed by atoms with Crippen LogP contribution in [-0.4, -0.2) is 22.7 Å². The van der Waals surface area contributed by atoms with Crippen molar-refractivity contribution in [3.05, 3.63) is 35.4 Å². The number of hydrogen-bond acceptors (Lipinski definition) is 3. The van der Waals surface area contributed by atoms with Crippen molar-refractivity contribution in [3.63, 3.8) is 0 Å². The zero-order valence-electron chi connectivity index (χ0n) is 8.70. The smallest absolute Gasteiger partial charge is 0.257 e. The SMILES string of the molecule is Cc1cccc(C(=O)[C@@](Cl)(I)S(C)(=O)=O)c1. The van der Waals surface area contributed by atoms with Crippen LogP contribution >= 0.6 is 34.2 Å². The van der Waals surface area contributed by atoms with E-state index < -0.39 is 17.8 Å². The summed E-state index contributed by atoms with van der Waals surface area (Å²) in [6, 6.07) is 6.67. The molecule has 6 heteroatoms. The van der Waals surface area contributed by atoms with Gasteiger partial charge in [0.25, 0.3) is 2.21 Å². The van der Waals surface area contributed by atoms with Crippen LogP contribution in [0.3, 0.4) is 0 Å². The third kappa shape index (κ3) is 2.75. The second-order valence-electron chi connectivity index (χ2n) is 3.49. The summed E-state index contributed by atoms with van der Waals surface area (Å²) >= 11 is 7.25. The van der Waals surface area contributed by atoms with Crippen LogP contribution in [0.15, 0.2) is 24.3 Å². The number of hydrogen-bond donors (Lipinski definition) is 0. The number of halogens is 2. The molecule has 1 aromatic rings. The molecule has 16 heavy (non-hydrogen) atoms. The average molecular weight is 373 g/mol. The van der Waals surface area contributed by atoms with Gasteiger partial charge in [0.15, 0.2) is 9.84 Å². The fraction of sp³-hybridized carbons (Fsp3) is 0.300. The number of carbonyl (C=O) groups is 1. The van der Waals surface area contributed by atoms with Crippen LogP contribution in [0, 0.1) is 6.92 Å². The Morgan fingerprint density at radius 1 is 1.44 bits per heavy atom. The Kier molecular flexibility index (Phi) is 4.02. The molecule has 88 valence electrons. The predicted molar refractivity (Wildman–Crippen MR) is 73.0 cm³/mol. The average Bonchev–Trinajstić information content (AvgIpc) is 2.14. The van der Waals surface area contributed by atoms with Gasteiger partial charge < -0.3 is 0 Å². The van der Waals surface area contributed by atoms with E-state index in [9.17, 15) is 13.2 Å². The molecule has 0 amide bonds. The molecule has 0 heterocycles. The maximum Gasteiger partial charge on any atom is 0.257 e. The molecule has 1 rings (SSSR count). The van der Waals surface area contributed by atoms with Crippen molar-refractivity contribution >= 4 is 49.8 Å². The van der Waals surface area contributed by atoms with E-state index >= 15 is 0 Å². The highest BCUT2D eigenvalue weighted by atomic mass is 127. The van der Waals surface area contributed by atoms with Gasteiger partial charge in [-0.3, -0.25) is 4.79 Å². The third-order valence-electron chi connectivity index (χ3n) is 2.01. The normalized spacial score (nSPS) is 15.5. The quantitative estimate of drug-likeness (QED) is 0.465. The number of Topliss-reactive ketones (excluding diaryl/α,β-unsaturated/α-hetero) is 1. The van der Waals surface area contributed by atoms with Gasteiger partial charge >= 0.3 is 0 Å². The molecule has 0 aliphatic heterocycles. The van der Waals surface area contributed by atoms with Crippen molar-refractivity contribution in [1.29, 1.82) is 0 Å². The van der Waals surface area contributed by atoms with Crippen molar-refractivity contribution in [3.8, 4) is 0 Å². The van der Waals surface area contributed by atoms with Gasteiger partial charge in [0.1, 0.15) is 0 Å². The summed E-state index contributed by atoms with van der Waals surface area (Å²) in [4.78, 5) is 11.9. The van der Waals surface area contributed by atoms with Crippen LogP contribution in [0.2, 0.25) is 0 Å². The lowest BCUT2D eigenvalue weighted by Crippen LogP contribution is -2.34. The predicted octanol–water partition coefficient (Wildman–Crippen LogP) is 2.55. The fourth-order valence-electron chi connectivity index (χ4n) is 1.12. The maximum atomic E-state index is 11.9. The highest BCUT2D eigenvalue weighted by Crippen LogP contribution is 2.34. The van der Waals surface area contributed by atoms with Crippen molar-refractivity contribution < 1.29 is 13.2 Å². The molecule has 0 fully saturated rings. The Morgan fingerprint density at radius 3 is 2.44 bits per heavy atom. The first-order valence-corrected chi connectivity index (χ1v) is 7.70.